The Morgan fingerprint density at radius 3 is 2.35 bits per heavy atom. The molecule has 0 amide bonds. The first kappa shape index (κ1) is 18.1. The fourth-order valence-electron chi connectivity index (χ4n) is 3.14. The molecule has 0 radical (unpaired) electrons. The van der Waals surface area contributed by atoms with Crippen molar-refractivity contribution in [3.8, 4) is 0 Å². The van der Waals surface area contributed by atoms with Gasteiger partial charge in [-0.15, -0.1) is 0 Å². The number of aliphatic hydroxyl groups excluding tert-OH is 1. The lowest BCUT2D eigenvalue weighted by molar-refractivity contribution is 0.229. The van der Waals surface area contributed by atoms with Crippen molar-refractivity contribution in [1.82, 2.24) is 4.98 Å². The van der Waals surface area contributed by atoms with Gasteiger partial charge in [0, 0.05) is 23.9 Å². The van der Waals surface area contributed by atoms with Crippen LogP contribution in [0, 0.1) is 20.8 Å². The van der Waals surface area contributed by atoms with Crippen LogP contribution in [0.1, 0.15) is 45.2 Å². The molecule has 1 heterocycles. The Hall–Kier alpha value is -2.71. The van der Waals surface area contributed by atoms with Crippen molar-refractivity contribution in [3.05, 3.63) is 106 Å². The van der Waals surface area contributed by atoms with E-state index in [1.807, 2.05) is 24.3 Å². The SMILES string of the molecule is Cc1cccc(Cc2ccc(C(O)C=Cc3c(C)cccc3C)cn2)c1. The quantitative estimate of drug-likeness (QED) is 0.678. The van der Waals surface area contributed by atoms with Gasteiger partial charge in [-0.1, -0.05) is 66.2 Å². The van der Waals surface area contributed by atoms with E-state index in [-0.39, 0.29) is 0 Å². The zero-order chi connectivity index (χ0) is 18.5. The standard InChI is InChI=1S/C24H25NO/c1-17-6-4-9-20(14-17)15-22-11-10-21(16-25-22)24(26)13-12-23-18(2)7-5-8-19(23)3/h4-14,16,24,26H,15H2,1-3H3. The number of hydrogen-bond donors (Lipinski definition) is 1. The number of benzene rings is 2. The van der Waals surface area contributed by atoms with Crippen LogP contribution in [0.2, 0.25) is 0 Å². The minimum atomic E-state index is -0.658. The molecule has 0 aliphatic rings. The van der Waals surface area contributed by atoms with Crippen LogP contribution < -0.4 is 0 Å². The molecule has 1 aromatic heterocycles. The molecule has 26 heavy (non-hydrogen) atoms. The normalized spacial score (nSPS) is 12.5. The predicted molar refractivity (Wildman–Crippen MR) is 108 cm³/mol. The van der Waals surface area contributed by atoms with Crippen LogP contribution in [0.5, 0.6) is 0 Å². The van der Waals surface area contributed by atoms with Crippen molar-refractivity contribution in [2.75, 3.05) is 0 Å². The number of aromatic nitrogens is 1. The monoisotopic (exact) mass is 343 g/mol. The van der Waals surface area contributed by atoms with E-state index in [9.17, 15) is 5.11 Å². The van der Waals surface area contributed by atoms with Crippen LogP contribution >= 0.6 is 0 Å². The van der Waals surface area contributed by atoms with Crippen LogP contribution in [0.15, 0.2) is 66.9 Å². The second kappa shape index (κ2) is 8.11. The topological polar surface area (TPSA) is 33.1 Å². The van der Waals surface area contributed by atoms with Gasteiger partial charge in [-0.05, 0) is 49.1 Å². The zero-order valence-corrected chi connectivity index (χ0v) is 15.6. The van der Waals surface area contributed by atoms with E-state index >= 15 is 0 Å². The Morgan fingerprint density at radius 1 is 0.962 bits per heavy atom. The summed E-state index contributed by atoms with van der Waals surface area (Å²) in [5.41, 5.74) is 7.90. The van der Waals surface area contributed by atoms with E-state index in [1.165, 1.54) is 22.3 Å². The van der Waals surface area contributed by atoms with Gasteiger partial charge in [-0.2, -0.15) is 0 Å². The number of rotatable bonds is 5. The lowest BCUT2D eigenvalue weighted by Gasteiger charge is -2.09. The second-order valence-electron chi connectivity index (χ2n) is 6.86. The number of pyridine rings is 1. The van der Waals surface area contributed by atoms with Crippen LogP contribution in [0.4, 0.5) is 0 Å². The van der Waals surface area contributed by atoms with Crippen molar-refractivity contribution in [2.24, 2.45) is 0 Å². The highest BCUT2D eigenvalue weighted by molar-refractivity contribution is 5.58. The van der Waals surface area contributed by atoms with E-state index in [1.54, 1.807) is 6.20 Å². The van der Waals surface area contributed by atoms with Gasteiger partial charge in [0.15, 0.2) is 0 Å². The van der Waals surface area contributed by atoms with Crippen molar-refractivity contribution in [3.63, 3.8) is 0 Å². The van der Waals surface area contributed by atoms with Crippen LogP contribution in [0.3, 0.4) is 0 Å². The molecule has 3 rings (SSSR count). The first-order valence-electron chi connectivity index (χ1n) is 8.96. The maximum Gasteiger partial charge on any atom is 0.0989 e. The molecule has 2 aromatic carbocycles. The molecule has 0 aliphatic carbocycles. The van der Waals surface area contributed by atoms with Gasteiger partial charge in [0.2, 0.25) is 0 Å². The van der Waals surface area contributed by atoms with Crippen molar-refractivity contribution < 1.29 is 5.11 Å². The van der Waals surface area contributed by atoms with Crippen molar-refractivity contribution in [1.29, 1.82) is 0 Å². The van der Waals surface area contributed by atoms with E-state index in [2.05, 4.69) is 68.2 Å². The smallest absolute Gasteiger partial charge is 0.0989 e. The van der Waals surface area contributed by atoms with E-state index in [0.717, 1.165) is 23.2 Å². The third kappa shape index (κ3) is 4.47. The second-order valence-corrected chi connectivity index (χ2v) is 6.86. The molecule has 1 atom stereocenters. The minimum Gasteiger partial charge on any atom is -0.384 e. The maximum atomic E-state index is 10.5. The van der Waals surface area contributed by atoms with Crippen LogP contribution in [-0.2, 0) is 6.42 Å². The van der Waals surface area contributed by atoms with Gasteiger partial charge in [0.05, 0.1) is 6.10 Å². The number of nitrogens with zero attached hydrogens (tertiary/aromatic N) is 1. The zero-order valence-electron chi connectivity index (χ0n) is 15.6. The summed E-state index contributed by atoms with van der Waals surface area (Å²) in [4.78, 5) is 4.52. The molecule has 0 fully saturated rings. The summed E-state index contributed by atoms with van der Waals surface area (Å²) in [5.74, 6) is 0. The largest absolute Gasteiger partial charge is 0.384 e. The molecular formula is C24H25NO. The van der Waals surface area contributed by atoms with Gasteiger partial charge in [-0.25, -0.2) is 0 Å². The number of aryl methyl sites for hydroxylation is 3. The molecule has 1 N–H and O–H groups in total. The Balaban J connectivity index is 1.70. The predicted octanol–water partition coefficient (Wildman–Crippen LogP) is 5.34. The Morgan fingerprint density at radius 2 is 1.69 bits per heavy atom. The average molecular weight is 343 g/mol. The van der Waals surface area contributed by atoms with Crippen molar-refractivity contribution in [2.45, 2.75) is 33.3 Å². The first-order chi connectivity index (χ1) is 12.5. The van der Waals surface area contributed by atoms with Gasteiger partial charge in [-0.3, -0.25) is 4.98 Å². The van der Waals surface area contributed by atoms with Crippen molar-refractivity contribution >= 4 is 6.08 Å². The molecule has 2 nitrogen and oxygen atoms in total. The molecule has 0 bridgehead atoms. The molecule has 132 valence electrons. The van der Waals surface area contributed by atoms with E-state index in [0.29, 0.717) is 0 Å². The fraction of sp³-hybridized carbons (Fsp3) is 0.208. The van der Waals surface area contributed by atoms with Gasteiger partial charge in [0.25, 0.3) is 0 Å². The van der Waals surface area contributed by atoms with E-state index < -0.39 is 6.10 Å². The molecule has 0 saturated heterocycles. The highest BCUT2D eigenvalue weighted by Gasteiger charge is 2.06. The number of aliphatic hydroxyl groups is 1. The average Bonchev–Trinajstić information content (AvgIpc) is 2.62. The summed E-state index contributed by atoms with van der Waals surface area (Å²) in [6, 6.07) is 18.6. The molecule has 2 heteroatoms. The Bertz CT molecular complexity index is 889. The van der Waals surface area contributed by atoms with Gasteiger partial charge >= 0.3 is 0 Å². The third-order valence-electron chi connectivity index (χ3n) is 4.64. The Labute approximate surface area is 155 Å². The first-order valence-corrected chi connectivity index (χ1v) is 8.96. The fourth-order valence-corrected chi connectivity index (χ4v) is 3.14. The Kier molecular flexibility index (Phi) is 5.65. The molecule has 0 saturated carbocycles. The molecule has 0 spiro atoms. The molecule has 3 aromatic rings. The molecule has 1 unspecified atom stereocenters. The maximum absolute atomic E-state index is 10.5. The highest BCUT2D eigenvalue weighted by atomic mass is 16.3. The lowest BCUT2D eigenvalue weighted by Crippen LogP contribution is -1.98. The minimum absolute atomic E-state index is 0.658. The summed E-state index contributed by atoms with van der Waals surface area (Å²) < 4.78 is 0. The summed E-state index contributed by atoms with van der Waals surface area (Å²) in [5, 5.41) is 10.5. The highest BCUT2D eigenvalue weighted by Crippen LogP contribution is 2.20. The lowest BCUT2D eigenvalue weighted by atomic mass is 10.0. The number of hydrogen-bond acceptors (Lipinski definition) is 2. The molecule has 0 aliphatic heterocycles. The van der Waals surface area contributed by atoms with E-state index in [4.69, 9.17) is 0 Å². The van der Waals surface area contributed by atoms with Gasteiger partial charge < -0.3 is 5.11 Å². The van der Waals surface area contributed by atoms with Crippen LogP contribution in [-0.4, -0.2) is 10.1 Å². The van der Waals surface area contributed by atoms with Crippen LogP contribution in [0.25, 0.3) is 6.08 Å². The van der Waals surface area contributed by atoms with Gasteiger partial charge in [0.1, 0.15) is 0 Å². The summed E-state index contributed by atoms with van der Waals surface area (Å²) >= 11 is 0. The summed E-state index contributed by atoms with van der Waals surface area (Å²) in [7, 11) is 0. The summed E-state index contributed by atoms with van der Waals surface area (Å²) in [6.07, 6.45) is 5.73. The third-order valence-corrected chi connectivity index (χ3v) is 4.64. The summed E-state index contributed by atoms with van der Waals surface area (Å²) in [6.45, 7) is 6.26. The molecular weight excluding hydrogens is 318 g/mol.